The Morgan fingerprint density at radius 2 is 2.50 bits per heavy atom. The van der Waals surface area contributed by atoms with E-state index >= 15 is 0 Å². The summed E-state index contributed by atoms with van der Waals surface area (Å²) in [6.07, 6.45) is 7.15. The maximum Gasteiger partial charge on any atom is 0.0625 e. The first-order valence-electron chi connectivity index (χ1n) is 4.17. The SMILES string of the molecule is CC1CC=C(CCC#N)C=C1I. The van der Waals surface area contributed by atoms with Gasteiger partial charge in [0.15, 0.2) is 0 Å². The lowest BCUT2D eigenvalue weighted by molar-refractivity contribution is 0.719. The van der Waals surface area contributed by atoms with E-state index in [-0.39, 0.29) is 0 Å². The lowest BCUT2D eigenvalue weighted by Crippen LogP contribution is -1.98. The van der Waals surface area contributed by atoms with Crippen LogP contribution in [-0.2, 0) is 0 Å². The second kappa shape index (κ2) is 4.66. The molecule has 0 N–H and O–H groups in total. The zero-order valence-electron chi connectivity index (χ0n) is 7.18. The minimum absolute atomic E-state index is 0.640. The van der Waals surface area contributed by atoms with Crippen molar-refractivity contribution >= 4 is 22.6 Å². The second-order valence-electron chi connectivity index (χ2n) is 3.10. The van der Waals surface area contributed by atoms with Crippen LogP contribution in [0.1, 0.15) is 26.2 Å². The van der Waals surface area contributed by atoms with Crippen molar-refractivity contribution in [3.05, 3.63) is 21.3 Å². The summed E-state index contributed by atoms with van der Waals surface area (Å²) in [5.41, 5.74) is 1.33. The van der Waals surface area contributed by atoms with E-state index in [4.69, 9.17) is 5.26 Å². The predicted molar refractivity (Wildman–Crippen MR) is 58.8 cm³/mol. The van der Waals surface area contributed by atoms with Crippen molar-refractivity contribution in [3.8, 4) is 6.07 Å². The highest BCUT2D eigenvalue weighted by molar-refractivity contribution is 14.1. The highest BCUT2D eigenvalue weighted by Crippen LogP contribution is 2.29. The Kier molecular flexibility index (Phi) is 3.80. The van der Waals surface area contributed by atoms with Crippen LogP contribution in [0, 0.1) is 17.2 Å². The summed E-state index contributed by atoms with van der Waals surface area (Å²) in [4.78, 5) is 0. The van der Waals surface area contributed by atoms with Crippen molar-refractivity contribution in [1.29, 1.82) is 5.26 Å². The molecule has 0 radical (unpaired) electrons. The summed E-state index contributed by atoms with van der Waals surface area (Å²) < 4.78 is 1.42. The molecule has 0 amide bonds. The Morgan fingerprint density at radius 3 is 3.08 bits per heavy atom. The number of rotatable bonds is 2. The molecule has 1 unspecified atom stereocenters. The lowest BCUT2D eigenvalue weighted by Gasteiger charge is -2.15. The van der Waals surface area contributed by atoms with E-state index in [0.717, 1.165) is 12.8 Å². The number of allylic oxidation sites excluding steroid dienone is 4. The van der Waals surface area contributed by atoms with Crippen molar-refractivity contribution in [2.75, 3.05) is 0 Å². The van der Waals surface area contributed by atoms with Crippen LogP contribution in [0.25, 0.3) is 0 Å². The molecule has 1 rings (SSSR count). The third-order valence-corrected chi connectivity index (χ3v) is 3.43. The zero-order valence-corrected chi connectivity index (χ0v) is 9.34. The summed E-state index contributed by atoms with van der Waals surface area (Å²) >= 11 is 2.39. The molecule has 0 aromatic rings. The largest absolute Gasteiger partial charge is 0.198 e. The average molecular weight is 273 g/mol. The van der Waals surface area contributed by atoms with E-state index in [2.05, 4.69) is 47.7 Å². The highest BCUT2D eigenvalue weighted by Gasteiger charge is 2.10. The first kappa shape index (κ1) is 9.79. The molecule has 1 atom stereocenters. The van der Waals surface area contributed by atoms with Crippen LogP contribution >= 0.6 is 22.6 Å². The third kappa shape index (κ3) is 2.63. The minimum atomic E-state index is 0.640. The van der Waals surface area contributed by atoms with Gasteiger partial charge in [0.05, 0.1) is 6.07 Å². The first-order chi connectivity index (χ1) is 5.74. The van der Waals surface area contributed by atoms with Crippen LogP contribution in [-0.4, -0.2) is 0 Å². The van der Waals surface area contributed by atoms with E-state index in [1.807, 2.05) is 0 Å². The maximum atomic E-state index is 8.42. The van der Waals surface area contributed by atoms with E-state index in [0.29, 0.717) is 12.3 Å². The van der Waals surface area contributed by atoms with Crippen LogP contribution in [0.15, 0.2) is 21.3 Å². The summed E-state index contributed by atoms with van der Waals surface area (Å²) in [6, 6.07) is 2.17. The van der Waals surface area contributed by atoms with Crippen molar-refractivity contribution in [3.63, 3.8) is 0 Å². The maximum absolute atomic E-state index is 8.42. The lowest BCUT2D eigenvalue weighted by atomic mass is 9.96. The number of nitriles is 1. The van der Waals surface area contributed by atoms with Gasteiger partial charge >= 0.3 is 0 Å². The summed E-state index contributed by atoms with van der Waals surface area (Å²) in [6.45, 7) is 2.23. The molecule has 0 saturated heterocycles. The molecule has 2 heteroatoms. The highest BCUT2D eigenvalue weighted by atomic mass is 127. The van der Waals surface area contributed by atoms with Gasteiger partial charge < -0.3 is 0 Å². The standard InChI is InChI=1S/C10H12IN/c1-8-4-5-9(3-2-6-12)7-10(8)11/h5,7-8H,2-4H2,1H3. The molecule has 0 saturated carbocycles. The molecule has 64 valence electrons. The Morgan fingerprint density at radius 1 is 1.75 bits per heavy atom. The molecule has 12 heavy (non-hydrogen) atoms. The number of hydrogen-bond acceptors (Lipinski definition) is 1. The van der Waals surface area contributed by atoms with E-state index in [9.17, 15) is 0 Å². The molecule has 0 bridgehead atoms. The van der Waals surface area contributed by atoms with E-state index in [1.54, 1.807) is 0 Å². The molecule has 1 aliphatic carbocycles. The smallest absolute Gasteiger partial charge is 0.0625 e. The van der Waals surface area contributed by atoms with Gasteiger partial charge in [0.2, 0.25) is 0 Å². The summed E-state index contributed by atoms with van der Waals surface area (Å²) in [5.74, 6) is 0.677. The van der Waals surface area contributed by atoms with Gasteiger partial charge in [0, 0.05) is 6.42 Å². The van der Waals surface area contributed by atoms with E-state index < -0.39 is 0 Å². The average Bonchev–Trinajstić information content (AvgIpc) is 2.07. The van der Waals surface area contributed by atoms with Crippen LogP contribution < -0.4 is 0 Å². The number of nitrogens with zero attached hydrogens (tertiary/aromatic N) is 1. The normalized spacial score (nSPS) is 22.6. The van der Waals surface area contributed by atoms with Crippen molar-refractivity contribution < 1.29 is 0 Å². The van der Waals surface area contributed by atoms with Gasteiger partial charge in [-0.2, -0.15) is 5.26 Å². The minimum Gasteiger partial charge on any atom is -0.198 e. The molecule has 0 spiro atoms. The molecule has 1 nitrogen and oxygen atoms in total. The Labute approximate surface area is 87.3 Å². The van der Waals surface area contributed by atoms with Gasteiger partial charge in [-0.15, -0.1) is 0 Å². The Balaban J connectivity index is 2.54. The Hall–Kier alpha value is -0.300. The van der Waals surface area contributed by atoms with Gasteiger partial charge in [0.25, 0.3) is 0 Å². The van der Waals surface area contributed by atoms with Crippen LogP contribution in [0.3, 0.4) is 0 Å². The molecule has 0 aromatic carbocycles. The molecule has 1 aliphatic rings. The van der Waals surface area contributed by atoms with Gasteiger partial charge in [-0.3, -0.25) is 0 Å². The number of hydrogen-bond donors (Lipinski definition) is 0. The predicted octanol–water partition coefficient (Wildman–Crippen LogP) is 3.58. The molecular weight excluding hydrogens is 261 g/mol. The van der Waals surface area contributed by atoms with Crippen LogP contribution in [0.2, 0.25) is 0 Å². The zero-order chi connectivity index (χ0) is 8.97. The molecule has 0 aliphatic heterocycles. The molecule has 0 aromatic heterocycles. The van der Waals surface area contributed by atoms with Gasteiger partial charge in [0.1, 0.15) is 0 Å². The topological polar surface area (TPSA) is 23.8 Å². The molecule has 0 heterocycles. The number of halogens is 1. The fourth-order valence-corrected chi connectivity index (χ4v) is 1.85. The van der Waals surface area contributed by atoms with E-state index in [1.165, 1.54) is 9.15 Å². The quantitative estimate of drug-likeness (QED) is 0.705. The Bertz CT molecular complexity index is 258. The van der Waals surface area contributed by atoms with Crippen molar-refractivity contribution in [2.45, 2.75) is 26.2 Å². The fourth-order valence-electron chi connectivity index (χ4n) is 1.19. The van der Waals surface area contributed by atoms with Crippen molar-refractivity contribution in [1.82, 2.24) is 0 Å². The van der Waals surface area contributed by atoms with Crippen LogP contribution in [0.4, 0.5) is 0 Å². The van der Waals surface area contributed by atoms with Crippen LogP contribution in [0.5, 0.6) is 0 Å². The first-order valence-corrected chi connectivity index (χ1v) is 5.25. The fraction of sp³-hybridized carbons (Fsp3) is 0.500. The second-order valence-corrected chi connectivity index (χ2v) is 4.35. The van der Waals surface area contributed by atoms with Gasteiger partial charge in [-0.1, -0.05) is 18.6 Å². The van der Waals surface area contributed by atoms with Gasteiger partial charge in [-0.25, -0.2) is 0 Å². The van der Waals surface area contributed by atoms with Gasteiger partial charge in [-0.05, 0) is 51.0 Å². The summed E-state index contributed by atoms with van der Waals surface area (Å²) in [7, 11) is 0. The molecular formula is C10H12IN. The monoisotopic (exact) mass is 273 g/mol. The summed E-state index contributed by atoms with van der Waals surface area (Å²) in [5, 5.41) is 8.42. The third-order valence-electron chi connectivity index (χ3n) is 2.05. The van der Waals surface area contributed by atoms with Crippen molar-refractivity contribution in [2.24, 2.45) is 5.92 Å². The molecule has 0 fully saturated rings.